The number of nitrogens with zero attached hydrogens (tertiary/aromatic N) is 5. The normalized spacial score (nSPS) is 19.4. The number of carbonyl (C=O) groups is 1. The van der Waals surface area contributed by atoms with Crippen LogP contribution < -0.4 is 10.6 Å². The average molecular weight is 337 g/mol. The summed E-state index contributed by atoms with van der Waals surface area (Å²) < 4.78 is 1.73. The molecule has 8 heteroatoms. The molecule has 0 spiro atoms. The van der Waals surface area contributed by atoms with Gasteiger partial charge in [0.1, 0.15) is 17.8 Å². The molecule has 0 bridgehead atoms. The molecule has 1 aliphatic carbocycles. The van der Waals surface area contributed by atoms with Crippen LogP contribution >= 0.6 is 0 Å². The fraction of sp³-hybridized carbons (Fsp3) is 0.353. The van der Waals surface area contributed by atoms with E-state index in [4.69, 9.17) is 0 Å². The van der Waals surface area contributed by atoms with E-state index in [-0.39, 0.29) is 11.9 Å². The number of imidazole rings is 1. The minimum absolute atomic E-state index is 0.111. The van der Waals surface area contributed by atoms with Gasteiger partial charge in [0.2, 0.25) is 5.78 Å². The van der Waals surface area contributed by atoms with Crippen LogP contribution in [-0.2, 0) is 0 Å². The van der Waals surface area contributed by atoms with E-state index in [1.807, 2.05) is 20.0 Å². The number of nitrogens with one attached hydrogen (secondary N) is 2. The highest BCUT2D eigenvalue weighted by molar-refractivity contribution is 5.94. The number of rotatable bonds is 4. The molecule has 0 unspecified atom stereocenters. The van der Waals surface area contributed by atoms with Gasteiger partial charge in [0.05, 0.1) is 5.69 Å². The molecular weight excluding hydrogens is 318 g/mol. The zero-order chi connectivity index (χ0) is 17.4. The van der Waals surface area contributed by atoms with Gasteiger partial charge in [-0.05, 0) is 25.8 Å². The molecule has 0 radical (unpaired) electrons. The highest BCUT2D eigenvalue weighted by Gasteiger charge is 2.33. The summed E-state index contributed by atoms with van der Waals surface area (Å²) in [7, 11) is 1.84. The van der Waals surface area contributed by atoms with Crippen molar-refractivity contribution < 1.29 is 4.79 Å². The van der Waals surface area contributed by atoms with Gasteiger partial charge in [0.15, 0.2) is 0 Å². The fourth-order valence-corrected chi connectivity index (χ4v) is 3.23. The predicted octanol–water partition coefficient (Wildman–Crippen LogP) is 1.55. The van der Waals surface area contributed by atoms with Gasteiger partial charge in [-0.3, -0.25) is 9.20 Å². The molecule has 25 heavy (non-hydrogen) atoms. The van der Waals surface area contributed by atoms with Crippen molar-refractivity contribution in [3.63, 3.8) is 0 Å². The molecule has 0 atom stereocenters. The van der Waals surface area contributed by atoms with Gasteiger partial charge in [0, 0.05) is 43.2 Å². The lowest BCUT2D eigenvalue weighted by atomic mass is 9.78. The number of aryl methyl sites for hydroxylation is 1. The average Bonchev–Trinajstić information content (AvgIpc) is 2.93. The number of hydrogen-bond donors (Lipinski definition) is 2. The maximum Gasteiger partial charge on any atom is 0.270 e. The lowest BCUT2D eigenvalue weighted by Crippen LogP contribution is -2.44. The minimum Gasteiger partial charge on any atom is -0.373 e. The monoisotopic (exact) mass is 337 g/mol. The van der Waals surface area contributed by atoms with E-state index in [0.717, 1.165) is 24.4 Å². The number of carbonyl (C=O) groups excluding carboxylic acids is 1. The molecule has 3 heterocycles. The minimum atomic E-state index is -0.111. The van der Waals surface area contributed by atoms with Crippen molar-refractivity contribution in [3.8, 4) is 0 Å². The molecule has 128 valence electrons. The first-order valence-corrected chi connectivity index (χ1v) is 8.26. The maximum absolute atomic E-state index is 12.7. The summed E-state index contributed by atoms with van der Waals surface area (Å²) in [4.78, 5) is 29.6. The van der Waals surface area contributed by atoms with E-state index >= 15 is 0 Å². The molecule has 0 saturated heterocycles. The van der Waals surface area contributed by atoms with Crippen molar-refractivity contribution in [2.45, 2.75) is 31.7 Å². The first-order valence-electron chi connectivity index (χ1n) is 8.26. The van der Waals surface area contributed by atoms with Crippen molar-refractivity contribution in [1.29, 1.82) is 0 Å². The Morgan fingerprint density at radius 2 is 2.12 bits per heavy atom. The summed E-state index contributed by atoms with van der Waals surface area (Å²) in [6, 6.07) is 3.90. The lowest BCUT2D eigenvalue weighted by Gasteiger charge is -2.35. The number of fused-ring (bicyclic) bond motifs is 1. The van der Waals surface area contributed by atoms with Crippen LogP contribution in [0.3, 0.4) is 0 Å². The zero-order valence-electron chi connectivity index (χ0n) is 14.1. The van der Waals surface area contributed by atoms with E-state index in [1.54, 1.807) is 29.2 Å². The Kier molecular flexibility index (Phi) is 3.79. The summed E-state index contributed by atoms with van der Waals surface area (Å²) in [5.41, 5.74) is 2.24. The molecular formula is C17H19N7O. The van der Waals surface area contributed by atoms with Crippen molar-refractivity contribution in [1.82, 2.24) is 29.7 Å². The number of anilines is 1. The number of amides is 1. The second kappa shape index (κ2) is 6.12. The Balaban J connectivity index is 1.44. The van der Waals surface area contributed by atoms with Gasteiger partial charge in [-0.15, -0.1) is 0 Å². The molecule has 3 aromatic rings. The molecule has 8 nitrogen and oxygen atoms in total. The summed E-state index contributed by atoms with van der Waals surface area (Å²) in [6.07, 6.45) is 6.80. The van der Waals surface area contributed by atoms with Gasteiger partial charge in [0.25, 0.3) is 5.91 Å². The summed E-state index contributed by atoms with van der Waals surface area (Å²) in [5.74, 6) is 1.59. The van der Waals surface area contributed by atoms with Crippen molar-refractivity contribution >= 4 is 17.5 Å². The molecule has 0 aromatic carbocycles. The molecule has 3 aromatic heterocycles. The number of aromatic nitrogens is 5. The summed E-state index contributed by atoms with van der Waals surface area (Å²) in [6.45, 7) is 1.83. The van der Waals surface area contributed by atoms with Crippen molar-refractivity contribution in [3.05, 3.63) is 47.9 Å². The van der Waals surface area contributed by atoms with Crippen molar-refractivity contribution in [2.75, 3.05) is 12.4 Å². The van der Waals surface area contributed by atoms with Crippen LogP contribution in [0.15, 0.2) is 30.9 Å². The molecule has 2 N–H and O–H groups in total. The Bertz CT molecular complexity index is 930. The maximum atomic E-state index is 12.7. The highest BCUT2D eigenvalue weighted by Crippen LogP contribution is 2.36. The standard InChI is InChI=1S/C17H19N7O/c1-10-15(24-5-3-4-19-17(24)22-10)16(25)23-12-6-11(7-12)13-8-14(18-2)21-9-20-13/h3-5,8-9,11-12H,6-7H2,1-2H3,(H,23,25)(H,18,20,21). The van der Waals surface area contributed by atoms with E-state index in [9.17, 15) is 4.79 Å². The first-order chi connectivity index (χ1) is 12.2. The van der Waals surface area contributed by atoms with E-state index in [1.165, 1.54) is 0 Å². The Labute approximate surface area is 144 Å². The van der Waals surface area contributed by atoms with Crippen LogP contribution in [0.2, 0.25) is 0 Å². The fourth-order valence-electron chi connectivity index (χ4n) is 3.23. The quantitative estimate of drug-likeness (QED) is 0.750. The SMILES string of the molecule is CNc1cc(C2CC(NC(=O)c3c(C)nc4ncccn34)C2)ncn1. The first kappa shape index (κ1) is 15.5. The largest absolute Gasteiger partial charge is 0.373 e. The highest BCUT2D eigenvalue weighted by atomic mass is 16.2. The third kappa shape index (κ3) is 2.79. The zero-order valence-corrected chi connectivity index (χ0v) is 14.1. The molecule has 4 rings (SSSR count). The third-order valence-electron chi connectivity index (χ3n) is 4.63. The van der Waals surface area contributed by atoms with Crippen molar-refractivity contribution in [2.24, 2.45) is 0 Å². The Hall–Kier alpha value is -3.03. The third-order valence-corrected chi connectivity index (χ3v) is 4.63. The second-order valence-electron chi connectivity index (χ2n) is 6.25. The second-order valence-corrected chi connectivity index (χ2v) is 6.25. The molecule has 1 aliphatic rings. The van der Waals surface area contributed by atoms with Crippen LogP contribution in [0.1, 0.15) is 40.6 Å². The molecule has 0 aliphatic heterocycles. The Morgan fingerprint density at radius 1 is 1.28 bits per heavy atom. The van der Waals surface area contributed by atoms with Crippen LogP contribution in [0.25, 0.3) is 5.78 Å². The molecule has 1 fully saturated rings. The van der Waals surface area contributed by atoms with Crippen LogP contribution in [0.5, 0.6) is 0 Å². The molecule has 1 amide bonds. The summed E-state index contributed by atoms with van der Waals surface area (Å²) in [5, 5.41) is 6.11. The predicted molar refractivity (Wildman–Crippen MR) is 92.5 cm³/mol. The summed E-state index contributed by atoms with van der Waals surface area (Å²) >= 11 is 0. The van der Waals surface area contributed by atoms with Gasteiger partial charge in [-0.25, -0.2) is 19.9 Å². The lowest BCUT2D eigenvalue weighted by molar-refractivity contribution is 0.0901. The van der Waals surface area contributed by atoms with Crippen LogP contribution in [-0.4, -0.2) is 43.3 Å². The van der Waals surface area contributed by atoms with Gasteiger partial charge in [-0.1, -0.05) is 0 Å². The van der Waals surface area contributed by atoms with E-state index < -0.39 is 0 Å². The topological polar surface area (TPSA) is 97.1 Å². The van der Waals surface area contributed by atoms with Gasteiger partial charge >= 0.3 is 0 Å². The number of hydrogen-bond acceptors (Lipinski definition) is 6. The smallest absolute Gasteiger partial charge is 0.270 e. The van der Waals surface area contributed by atoms with Gasteiger partial charge < -0.3 is 10.6 Å². The van der Waals surface area contributed by atoms with Crippen LogP contribution in [0.4, 0.5) is 5.82 Å². The Morgan fingerprint density at radius 3 is 2.92 bits per heavy atom. The van der Waals surface area contributed by atoms with Crippen LogP contribution in [0, 0.1) is 6.92 Å². The van der Waals surface area contributed by atoms with Gasteiger partial charge in [-0.2, -0.15) is 0 Å². The molecule has 1 saturated carbocycles. The van der Waals surface area contributed by atoms with E-state index in [2.05, 4.69) is 30.6 Å². The van der Waals surface area contributed by atoms with E-state index in [0.29, 0.717) is 23.1 Å².